The van der Waals surface area contributed by atoms with Gasteiger partial charge in [0.15, 0.2) is 0 Å². The zero-order valence-corrected chi connectivity index (χ0v) is 12.4. The molecule has 5 nitrogen and oxygen atoms in total. The summed E-state index contributed by atoms with van der Waals surface area (Å²) in [6, 6.07) is 3.16. The minimum absolute atomic E-state index is 0.296. The van der Waals surface area contributed by atoms with Crippen LogP contribution in [0.5, 0.6) is 0 Å². The van der Waals surface area contributed by atoms with Gasteiger partial charge in [-0.25, -0.2) is 4.79 Å². The van der Waals surface area contributed by atoms with Gasteiger partial charge < -0.3 is 15.0 Å². The molecule has 0 saturated heterocycles. The van der Waals surface area contributed by atoms with Crippen molar-refractivity contribution in [3.63, 3.8) is 0 Å². The fraction of sp³-hybridized carbons (Fsp3) is 0.571. The van der Waals surface area contributed by atoms with Crippen molar-refractivity contribution in [2.75, 3.05) is 12.0 Å². The predicted molar refractivity (Wildman–Crippen MR) is 79.2 cm³/mol. The summed E-state index contributed by atoms with van der Waals surface area (Å²) in [4.78, 5) is 23.4. The lowest BCUT2D eigenvalue weighted by atomic mass is 9.93. The topological polar surface area (TPSA) is 71.3 Å². The second-order valence-corrected chi connectivity index (χ2v) is 6.02. The fourth-order valence-electron chi connectivity index (χ4n) is 2.29. The van der Waals surface area contributed by atoms with Crippen molar-refractivity contribution in [3.8, 4) is 0 Å². The van der Waals surface area contributed by atoms with Crippen LogP contribution in [0.15, 0.2) is 18.3 Å². The molecule has 1 fully saturated rings. The first-order chi connectivity index (χ1) is 9.63. The molecule has 0 bridgehead atoms. The molecular weight excluding hydrogens is 276 g/mol. The summed E-state index contributed by atoms with van der Waals surface area (Å²) in [5, 5.41) is 11.8. The lowest BCUT2D eigenvalue weighted by molar-refractivity contribution is -0.139. The van der Waals surface area contributed by atoms with Gasteiger partial charge in [0.05, 0.1) is 0 Å². The molecule has 110 valence electrons. The number of aliphatic carboxylic acids is 1. The van der Waals surface area contributed by atoms with Crippen LogP contribution in [0.25, 0.3) is 0 Å². The van der Waals surface area contributed by atoms with Gasteiger partial charge in [0, 0.05) is 12.2 Å². The van der Waals surface area contributed by atoms with Crippen molar-refractivity contribution in [1.29, 1.82) is 0 Å². The van der Waals surface area contributed by atoms with Gasteiger partial charge in [-0.15, -0.1) is 0 Å². The Morgan fingerprint density at radius 1 is 1.55 bits per heavy atom. The molecule has 0 unspecified atom stereocenters. The van der Waals surface area contributed by atoms with Crippen LogP contribution in [-0.4, -0.2) is 39.6 Å². The first-order valence-corrected chi connectivity index (χ1v) is 8.22. The van der Waals surface area contributed by atoms with Crippen LogP contribution >= 0.6 is 11.8 Å². The average molecular weight is 296 g/mol. The molecule has 1 aromatic rings. The minimum atomic E-state index is -0.978. The van der Waals surface area contributed by atoms with Gasteiger partial charge in [0.25, 0.3) is 5.91 Å². The van der Waals surface area contributed by atoms with Crippen molar-refractivity contribution < 1.29 is 14.7 Å². The number of rotatable bonds is 7. The maximum Gasteiger partial charge on any atom is 0.326 e. The Hall–Kier alpha value is -1.43. The van der Waals surface area contributed by atoms with Crippen LogP contribution in [0.3, 0.4) is 0 Å². The molecule has 1 amide bonds. The average Bonchev–Trinajstić information content (AvgIpc) is 2.80. The van der Waals surface area contributed by atoms with Crippen LogP contribution in [0.2, 0.25) is 0 Å². The van der Waals surface area contributed by atoms with Crippen LogP contribution in [0.1, 0.15) is 42.2 Å². The SMILES string of the molecule is CSCC[C@H](NC(=O)c1cccn1C1CCC1)C(=O)O. The van der Waals surface area contributed by atoms with Crippen LogP contribution in [-0.2, 0) is 4.79 Å². The van der Waals surface area contributed by atoms with Crippen molar-refractivity contribution in [2.24, 2.45) is 0 Å². The Bertz CT molecular complexity index is 483. The standard InChI is InChI=1S/C14H20N2O3S/c1-20-9-7-11(14(18)19)15-13(17)12-6-3-8-16(12)10-4-2-5-10/h3,6,8,10-11H,2,4-5,7,9H2,1H3,(H,15,17)(H,18,19)/t11-/m0/s1. The molecule has 0 spiro atoms. The largest absolute Gasteiger partial charge is 0.480 e. The van der Waals surface area contributed by atoms with Gasteiger partial charge in [0.1, 0.15) is 11.7 Å². The number of carbonyl (C=O) groups is 2. The fourth-order valence-corrected chi connectivity index (χ4v) is 2.77. The van der Waals surface area contributed by atoms with Crippen molar-refractivity contribution in [1.82, 2.24) is 9.88 Å². The highest BCUT2D eigenvalue weighted by atomic mass is 32.2. The predicted octanol–water partition coefficient (Wildman–Crippen LogP) is 2.15. The van der Waals surface area contributed by atoms with Gasteiger partial charge in [-0.2, -0.15) is 11.8 Å². The summed E-state index contributed by atoms with van der Waals surface area (Å²) in [5.74, 6) is -0.564. The summed E-state index contributed by atoms with van der Waals surface area (Å²) in [5.41, 5.74) is 0.560. The van der Waals surface area contributed by atoms with E-state index in [-0.39, 0.29) is 5.91 Å². The van der Waals surface area contributed by atoms with E-state index in [9.17, 15) is 9.59 Å². The number of carbonyl (C=O) groups excluding carboxylic acids is 1. The highest BCUT2D eigenvalue weighted by molar-refractivity contribution is 7.98. The summed E-state index contributed by atoms with van der Waals surface area (Å²) in [7, 11) is 0. The van der Waals surface area contributed by atoms with E-state index in [2.05, 4.69) is 5.32 Å². The Labute approximate surface area is 122 Å². The second kappa shape index (κ2) is 6.83. The Kier molecular flexibility index (Phi) is 5.11. The molecule has 0 aliphatic heterocycles. The van der Waals surface area contributed by atoms with E-state index in [0.717, 1.165) is 12.8 Å². The molecule has 0 radical (unpaired) electrons. The Morgan fingerprint density at radius 2 is 2.30 bits per heavy atom. The Morgan fingerprint density at radius 3 is 2.85 bits per heavy atom. The number of carboxylic acids is 1. The van der Waals surface area contributed by atoms with E-state index in [1.54, 1.807) is 17.8 Å². The molecule has 2 N–H and O–H groups in total. The van der Waals surface area contributed by atoms with E-state index >= 15 is 0 Å². The van der Waals surface area contributed by atoms with Crippen molar-refractivity contribution in [2.45, 2.75) is 37.8 Å². The van der Waals surface area contributed by atoms with Crippen LogP contribution in [0.4, 0.5) is 0 Å². The maximum absolute atomic E-state index is 12.2. The highest BCUT2D eigenvalue weighted by Gasteiger charge is 2.25. The quantitative estimate of drug-likeness (QED) is 0.809. The molecule has 1 aromatic heterocycles. The van der Waals surface area contributed by atoms with Crippen LogP contribution in [0, 0.1) is 0 Å². The van der Waals surface area contributed by atoms with E-state index < -0.39 is 12.0 Å². The number of hydrogen-bond acceptors (Lipinski definition) is 3. The third kappa shape index (κ3) is 3.36. The minimum Gasteiger partial charge on any atom is -0.480 e. The maximum atomic E-state index is 12.2. The zero-order chi connectivity index (χ0) is 14.5. The third-order valence-electron chi connectivity index (χ3n) is 3.69. The smallest absolute Gasteiger partial charge is 0.326 e. The number of nitrogens with one attached hydrogen (secondary N) is 1. The molecule has 1 heterocycles. The number of nitrogens with zero attached hydrogens (tertiary/aromatic N) is 1. The molecule has 1 aliphatic rings. The molecule has 2 rings (SSSR count). The first-order valence-electron chi connectivity index (χ1n) is 6.83. The van der Waals surface area contributed by atoms with Crippen molar-refractivity contribution in [3.05, 3.63) is 24.0 Å². The van der Waals surface area contributed by atoms with E-state index in [1.807, 2.05) is 23.1 Å². The molecular formula is C14H20N2O3S. The van der Waals surface area contributed by atoms with Crippen LogP contribution < -0.4 is 5.32 Å². The molecule has 6 heteroatoms. The Balaban J connectivity index is 2.02. The number of hydrogen-bond donors (Lipinski definition) is 2. The van der Waals surface area contributed by atoms with Gasteiger partial charge in [-0.3, -0.25) is 4.79 Å². The first kappa shape index (κ1) is 15.0. The molecule has 1 atom stereocenters. The molecule has 0 aromatic carbocycles. The normalized spacial score (nSPS) is 16.4. The van der Waals surface area contributed by atoms with Gasteiger partial charge in [-0.1, -0.05) is 0 Å². The highest BCUT2D eigenvalue weighted by Crippen LogP contribution is 2.32. The van der Waals surface area contributed by atoms with E-state index in [4.69, 9.17) is 5.11 Å². The van der Waals surface area contributed by atoms with Crippen molar-refractivity contribution >= 4 is 23.6 Å². The monoisotopic (exact) mass is 296 g/mol. The summed E-state index contributed by atoms with van der Waals surface area (Å²) in [6.07, 6.45) is 7.62. The number of aromatic nitrogens is 1. The lowest BCUT2D eigenvalue weighted by Crippen LogP contribution is -2.42. The summed E-state index contributed by atoms with van der Waals surface area (Å²) >= 11 is 1.57. The molecule has 1 saturated carbocycles. The summed E-state index contributed by atoms with van der Waals surface area (Å²) < 4.78 is 1.96. The van der Waals surface area contributed by atoms with Gasteiger partial charge in [-0.05, 0) is 49.8 Å². The third-order valence-corrected chi connectivity index (χ3v) is 4.34. The number of thioether (sulfide) groups is 1. The number of carboxylic acid groups (broad SMARTS) is 1. The second-order valence-electron chi connectivity index (χ2n) is 5.03. The van der Waals surface area contributed by atoms with Gasteiger partial charge in [0.2, 0.25) is 0 Å². The summed E-state index contributed by atoms with van der Waals surface area (Å²) in [6.45, 7) is 0. The zero-order valence-electron chi connectivity index (χ0n) is 11.5. The molecule has 1 aliphatic carbocycles. The van der Waals surface area contributed by atoms with E-state index in [1.165, 1.54) is 6.42 Å². The molecule has 20 heavy (non-hydrogen) atoms. The number of amides is 1. The lowest BCUT2D eigenvalue weighted by Gasteiger charge is -2.29. The van der Waals surface area contributed by atoms with Gasteiger partial charge >= 0.3 is 5.97 Å². The van der Waals surface area contributed by atoms with E-state index in [0.29, 0.717) is 23.9 Å².